The molecule has 0 N–H and O–H groups in total. The molecule has 0 radical (unpaired) electrons. The predicted molar refractivity (Wildman–Crippen MR) is 90.7 cm³/mol. The van der Waals surface area contributed by atoms with Gasteiger partial charge in [0.25, 0.3) is 5.91 Å². The van der Waals surface area contributed by atoms with Crippen molar-refractivity contribution in [3.63, 3.8) is 0 Å². The van der Waals surface area contributed by atoms with Crippen molar-refractivity contribution in [2.45, 2.75) is 39.3 Å². The molecular formula is C19H24N2O2. The first-order valence-electron chi connectivity index (χ1n) is 8.39. The van der Waals surface area contributed by atoms with Crippen LogP contribution in [0.4, 0.5) is 0 Å². The zero-order valence-corrected chi connectivity index (χ0v) is 13.9. The van der Waals surface area contributed by atoms with Gasteiger partial charge in [-0.3, -0.25) is 4.79 Å². The van der Waals surface area contributed by atoms with E-state index in [1.165, 1.54) is 5.69 Å². The zero-order valence-electron chi connectivity index (χ0n) is 13.9. The van der Waals surface area contributed by atoms with Crippen molar-refractivity contribution in [2.75, 3.05) is 13.2 Å². The molecule has 0 fully saturated rings. The number of carbonyl (C=O) groups is 1. The summed E-state index contributed by atoms with van der Waals surface area (Å²) in [4.78, 5) is 14.7. The molecule has 2 heterocycles. The number of nitrogens with zero attached hydrogens (tertiary/aromatic N) is 2. The highest BCUT2D eigenvalue weighted by molar-refractivity contribution is 5.94. The summed E-state index contributed by atoms with van der Waals surface area (Å²) in [5.74, 6) is 0.917. The van der Waals surface area contributed by atoms with Crippen LogP contribution in [0.5, 0.6) is 5.75 Å². The standard InChI is InChI=1S/C19H24N2O2/c1-3-4-14-23-17-9-7-16(8-10-17)19(22)21-13-12-20-11-5-6-18(20)15(21)2/h5-11,15H,3-4,12-14H2,1-2H3. The molecule has 1 aromatic heterocycles. The molecule has 122 valence electrons. The van der Waals surface area contributed by atoms with Gasteiger partial charge >= 0.3 is 0 Å². The molecule has 2 aromatic rings. The number of ether oxygens (including phenoxy) is 1. The van der Waals surface area contributed by atoms with E-state index in [-0.39, 0.29) is 11.9 Å². The molecule has 4 nitrogen and oxygen atoms in total. The van der Waals surface area contributed by atoms with E-state index in [2.05, 4.69) is 30.7 Å². The highest BCUT2D eigenvalue weighted by atomic mass is 16.5. The number of carbonyl (C=O) groups excluding carboxylic acids is 1. The lowest BCUT2D eigenvalue weighted by Gasteiger charge is -2.35. The van der Waals surface area contributed by atoms with Gasteiger partial charge in [0.05, 0.1) is 12.6 Å². The maximum atomic E-state index is 12.8. The lowest BCUT2D eigenvalue weighted by Crippen LogP contribution is -2.40. The number of benzene rings is 1. The normalized spacial score (nSPS) is 17.0. The average molecular weight is 312 g/mol. The fraction of sp³-hybridized carbons (Fsp3) is 0.421. The minimum atomic E-state index is 0.0880. The van der Waals surface area contributed by atoms with Crippen molar-refractivity contribution in [3.05, 3.63) is 53.9 Å². The van der Waals surface area contributed by atoms with Crippen molar-refractivity contribution in [2.24, 2.45) is 0 Å². The van der Waals surface area contributed by atoms with E-state index in [0.717, 1.165) is 43.9 Å². The molecule has 1 unspecified atom stereocenters. The highest BCUT2D eigenvalue weighted by Crippen LogP contribution is 2.27. The molecular weight excluding hydrogens is 288 g/mol. The largest absolute Gasteiger partial charge is 0.494 e. The molecule has 23 heavy (non-hydrogen) atoms. The van der Waals surface area contributed by atoms with Crippen LogP contribution in [0.1, 0.15) is 48.8 Å². The molecule has 1 aliphatic heterocycles. The summed E-state index contributed by atoms with van der Waals surface area (Å²) in [5, 5.41) is 0. The van der Waals surface area contributed by atoms with Crippen molar-refractivity contribution in [1.29, 1.82) is 0 Å². The fourth-order valence-electron chi connectivity index (χ4n) is 3.05. The Morgan fingerprint density at radius 1 is 1.22 bits per heavy atom. The van der Waals surface area contributed by atoms with Gasteiger partial charge in [0.1, 0.15) is 5.75 Å². The number of amides is 1. The topological polar surface area (TPSA) is 34.5 Å². The Kier molecular flexibility index (Phi) is 4.70. The lowest BCUT2D eigenvalue weighted by molar-refractivity contribution is 0.0644. The first kappa shape index (κ1) is 15.7. The monoisotopic (exact) mass is 312 g/mol. The average Bonchev–Trinajstić information content (AvgIpc) is 3.05. The molecule has 0 spiro atoms. The van der Waals surface area contributed by atoms with Gasteiger partial charge in [-0.05, 0) is 49.7 Å². The zero-order chi connectivity index (χ0) is 16.2. The van der Waals surface area contributed by atoms with Gasteiger partial charge in [-0.2, -0.15) is 0 Å². The van der Waals surface area contributed by atoms with E-state index in [9.17, 15) is 4.79 Å². The maximum Gasteiger partial charge on any atom is 0.254 e. The summed E-state index contributed by atoms with van der Waals surface area (Å²) in [5.41, 5.74) is 1.92. The van der Waals surface area contributed by atoms with E-state index < -0.39 is 0 Å². The third-order valence-corrected chi connectivity index (χ3v) is 4.47. The number of rotatable bonds is 5. The Morgan fingerprint density at radius 2 is 2.00 bits per heavy atom. The molecule has 0 aliphatic carbocycles. The number of fused-ring (bicyclic) bond motifs is 1. The third kappa shape index (κ3) is 3.26. The van der Waals surface area contributed by atoms with Crippen LogP contribution in [0.3, 0.4) is 0 Å². The summed E-state index contributed by atoms with van der Waals surface area (Å²) >= 11 is 0. The SMILES string of the molecule is CCCCOc1ccc(C(=O)N2CCn3cccc3C2C)cc1. The van der Waals surface area contributed by atoms with Crippen molar-refractivity contribution >= 4 is 5.91 Å². The molecule has 1 aromatic carbocycles. The molecule has 1 aliphatic rings. The molecule has 0 saturated carbocycles. The first-order valence-corrected chi connectivity index (χ1v) is 8.39. The van der Waals surface area contributed by atoms with Gasteiger partial charge in [-0.1, -0.05) is 13.3 Å². The summed E-state index contributed by atoms with van der Waals surface area (Å²) in [6, 6.07) is 11.7. The van der Waals surface area contributed by atoms with Gasteiger partial charge in [0.15, 0.2) is 0 Å². The van der Waals surface area contributed by atoms with Crippen LogP contribution in [0.15, 0.2) is 42.6 Å². The quantitative estimate of drug-likeness (QED) is 0.785. The molecule has 4 heteroatoms. The smallest absolute Gasteiger partial charge is 0.254 e. The number of hydrogen-bond acceptors (Lipinski definition) is 2. The van der Waals surface area contributed by atoms with E-state index in [0.29, 0.717) is 0 Å². The predicted octanol–water partition coefficient (Wildman–Crippen LogP) is 3.88. The summed E-state index contributed by atoms with van der Waals surface area (Å²) in [6.07, 6.45) is 4.24. The van der Waals surface area contributed by atoms with Gasteiger partial charge in [0, 0.05) is 30.5 Å². The Bertz CT molecular complexity index is 660. The second kappa shape index (κ2) is 6.90. The van der Waals surface area contributed by atoms with Crippen molar-refractivity contribution in [3.8, 4) is 5.75 Å². The van der Waals surface area contributed by atoms with Gasteiger partial charge < -0.3 is 14.2 Å². The highest BCUT2D eigenvalue weighted by Gasteiger charge is 2.27. The number of aromatic nitrogens is 1. The Labute approximate surface area is 137 Å². The number of hydrogen-bond donors (Lipinski definition) is 0. The van der Waals surface area contributed by atoms with Gasteiger partial charge in [0.2, 0.25) is 0 Å². The van der Waals surface area contributed by atoms with E-state index in [1.807, 2.05) is 35.2 Å². The van der Waals surface area contributed by atoms with E-state index in [1.54, 1.807) is 0 Å². The van der Waals surface area contributed by atoms with Crippen molar-refractivity contribution in [1.82, 2.24) is 9.47 Å². The van der Waals surface area contributed by atoms with Gasteiger partial charge in [-0.15, -0.1) is 0 Å². The van der Waals surface area contributed by atoms with Crippen LogP contribution in [-0.2, 0) is 6.54 Å². The molecule has 1 atom stereocenters. The lowest BCUT2D eigenvalue weighted by atomic mass is 10.1. The molecule has 0 bridgehead atoms. The summed E-state index contributed by atoms with van der Waals surface area (Å²) in [6.45, 7) is 6.56. The summed E-state index contributed by atoms with van der Waals surface area (Å²) < 4.78 is 7.88. The van der Waals surface area contributed by atoms with Crippen LogP contribution in [0, 0.1) is 0 Å². The van der Waals surface area contributed by atoms with Crippen LogP contribution in [-0.4, -0.2) is 28.5 Å². The third-order valence-electron chi connectivity index (χ3n) is 4.47. The fourth-order valence-corrected chi connectivity index (χ4v) is 3.05. The van der Waals surface area contributed by atoms with E-state index in [4.69, 9.17) is 4.74 Å². The van der Waals surface area contributed by atoms with Gasteiger partial charge in [-0.25, -0.2) is 0 Å². The second-order valence-corrected chi connectivity index (χ2v) is 6.03. The Hall–Kier alpha value is -2.23. The van der Waals surface area contributed by atoms with E-state index >= 15 is 0 Å². The maximum absolute atomic E-state index is 12.8. The Morgan fingerprint density at radius 3 is 2.74 bits per heavy atom. The van der Waals surface area contributed by atoms with Crippen LogP contribution < -0.4 is 4.74 Å². The van der Waals surface area contributed by atoms with Crippen LogP contribution in [0.25, 0.3) is 0 Å². The molecule has 1 amide bonds. The minimum absolute atomic E-state index is 0.0880. The first-order chi connectivity index (χ1) is 11.2. The Balaban J connectivity index is 1.69. The second-order valence-electron chi connectivity index (χ2n) is 6.03. The molecule has 3 rings (SSSR count). The minimum Gasteiger partial charge on any atom is -0.494 e. The van der Waals surface area contributed by atoms with Crippen LogP contribution in [0.2, 0.25) is 0 Å². The molecule has 0 saturated heterocycles. The number of unbranched alkanes of at least 4 members (excludes halogenated alkanes) is 1. The summed E-state index contributed by atoms with van der Waals surface area (Å²) in [7, 11) is 0. The van der Waals surface area contributed by atoms with Crippen LogP contribution >= 0.6 is 0 Å². The van der Waals surface area contributed by atoms with Crippen molar-refractivity contribution < 1.29 is 9.53 Å².